The van der Waals surface area contributed by atoms with Crippen molar-refractivity contribution in [3.63, 3.8) is 0 Å². The van der Waals surface area contributed by atoms with Crippen LogP contribution in [0, 0.1) is 11.7 Å². The van der Waals surface area contributed by atoms with Gasteiger partial charge in [0.25, 0.3) is 0 Å². The zero-order valence-electron chi connectivity index (χ0n) is 12.7. The second-order valence-corrected chi connectivity index (χ2v) is 5.97. The average Bonchev–Trinajstić information content (AvgIpc) is 2.72. The van der Waals surface area contributed by atoms with Gasteiger partial charge in [0.05, 0.1) is 0 Å². The van der Waals surface area contributed by atoms with Crippen LogP contribution in [0.2, 0.25) is 0 Å². The van der Waals surface area contributed by atoms with E-state index in [9.17, 15) is 9.50 Å². The first-order chi connectivity index (χ1) is 10.0. The van der Waals surface area contributed by atoms with Gasteiger partial charge in [-0.3, -0.25) is 4.98 Å². The summed E-state index contributed by atoms with van der Waals surface area (Å²) in [5.41, 5.74) is 1.33. The second-order valence-electron chi connectivity index (χ2n) is 5.97. The van der Waals surface area contributed by atoms with Gasteiger partial charge in [-0.2, -0.15) is 0 Å². The molecule has 3 nitrogen and oxygen atoms in total. The molecule has 2 atom stereocenters. The molecule has 0 saturated heterocycles. The summed E-state index contributed by atoms with van der Waals surface area (Å²) in [6.07, 6.45) is 4.05. The third-order valence-corrected chi connectivity index (χ3v) is 4.22. The maximum absolute atomic E-state index is 13.5. The Balaban J connectivity index is 0.00000176. The molecule has 2 unspecified atom stereocenters. The van der Waals surface area contributed by atoms with Gasteiger partial charge in [-0.25, -0.2) is 4.39 Å². The number of nitrogens with zero attached hydrogens (tertiary/aromatic N) is 2. The van der Waals surface area contributed by atoms with Crippen molar-refractivity contribution >= 4 is 12.4 Å². The van der Waals surface area contributed by atoms with Crippen LogP contribution >= 0.6 is 12.4 Å². The van der Waals surface area contributed by atoms with Gasteiger partial charge in [-0.15, -0.1) is 12.4 Å². The molecule has 0 aliphatic heterocycles. The number of hydrogen-bond donors (Lipinski definition) is 1. The molecule has 1 N–H and O–H groups in total. The maximum atomic E-state index is 13.5. The lowest BCUT2D eigenvalue weighted by molar-refractivity contribution is 0.0187. The summed E-state index contributed by atoms with van der Waals surface area (Å²) in [7, 11) is 3.96. The van der Waals surface area contributed by atoms with E-state index in [1.165, 1.54) is 12.1 Å². The van der Waals surface area contributed by atoms with E-state index in [1.54, 1.807) is 18.5 Å². The number of aliphatic hydroxyl groups is 1. The number of pyridine rings is 1. The minimum Gasteiger partial charge on any atom is -0.380 e. The molecule has 22 heavy (non-hydrogen) atoms. The predicted molar refractivity (Wildman–Crippen MR) is 86.6 cm³/mol. The highest BCUT2D eigenvalue weighted by Crippen LogP contribution is 2.46. The van der Waals surface area contributed by atoms with Gasteiger partial charge in [0.15, 0.2) is 0 Å². The van der Waals surface area contributed by atoms with E-state index >= 15 is 0 Å². The zero-order chi connectivity index (χ0) is 15.0. The first kappa shape index (κ1) is 16.9. The summed E-state index contributed by atoms with van der Waals surface area (Å²) in [4.78, 5) is 6.18. The molecule has 0 saturated carbocycles. The monoisotopic (exact) mass is 322 g/mol. The van der Waals surface area contributed by atoms with Crippen molar-refractivity contribution in [3.8, 4) is 0 Å². The molecule has 118 valence electrons. The van der Waals surface area contributed by atoms with Crippen molar-refractivity contribution in [2.45, 2.75) is 12.0 Å². The number of rotatable bonds is 3. The van der Waals surface area contributed by atoms with Crippen molar-refractivity contribution in [2.24, 2.45) is 5.92 Å². The molecule has 1 aliphatic rings. The van der Waals surface area contributed by atoms with Crippen LogP contribution in [-0.4, -0.2) is 35.6 Å². The molecule has 5 heteroatoms. The standard InChI is InChI=1S/C17H19FN2O.ClH/c1-20(2)11-14-8-12-9-15(18)5-6-16(12)17(14,21)13-4-3-7-19-10-13;/h3-7,9-10,14,21H,8,11H2,1-2H3;1H. The van der Waals surface area contributed by atoms with Gasteiger partial charge < -0.3 is 10.0 Å². The Bertz CT molecular complexity index is 650. The molecular formula is C17H20ClFN2O. The largest absolute Gasteiger partial charge is 0.380 e. The van der Waals surface area contributed by atoms with Gasteiger partial charge >= 0.3 is 0 Å². The van der Waals surface area contributed by atoms with Crippen LogP contribution in [0.1, 0.15) is 16.7 Å². The smallest absolute Gasteiger partial charge is 0.123 e. The Kier molecular flexibility index (Phi) is 4.85. The van der Waals surface area contributed by atoms with Crippen LogP contribution in [-0.2, 0) is 12.0 Å². The van der Waals surface area contributed by atoms with Gasteiger partial charge in [0, 0.05) is 30.4 Å². The lowest BCUT2D eigenvalue weighted by Crippen LogP contribution is -2.38. The Morgan fingerprint density at radius 1 is 1.36 bits per heavy atom. The van der Waals surface area contributed by atoms with Crippen molar-refractivity contribution in [2.75, 3.05) is 20.6 Å². The van der Waals surface area contributed by atoms with E-state index < -0.39 is 5.60 Å². The lowest BCUT2D eigenvalue weighted by Gasteiger charge is -2.33. The Labute approximate surface area is 136 Å². The number of benzene rings is 1. The summed E-state index contributed by atoms with van der Waals surface area (Å²) in [6, 6.07) is 8.35. The second kappa shape index (κ2) is 6.32. The van der Waals surface area contributed by atoms with Crippen molar-refractivity contribution in [1.29, 1.82) is 0 Å². The van der Waals surface area contributed by atoms with Crippen LogP contribution in [0.4, 0.5) is 4.39 Å². The van der Waals surface area contributed by atoms with Crippen LogP contribution in [0.25, 0.3) is 0 Å². The molecule has 0 fully saturated rings. The molecule has 1 aromatic carbocycles. The first-order valence-corrected chi connectivity index (χ1v) is 7.08. The van der Waals surface area contributed by atoms with E-state index in [-0.39, 0.29) is 24.1 Å². The summed E-state index contributed by atoms with van der Waals surface area (Å²) in [5.74, 6) is -0.277. The lowest BCUT2D eigenvalue weighted by atomic mass is 9.81. The third kappa shape index (κ3) is 2.74. The van der Waals surface area contributed by atoms with Crippen molar-refractivity contribution in [3.05, 3.63) is 65.2 Å². The molecule has 0 spiro atoms. The molecule has 1 aliphatic carbocycles. The number of halogens is 2. The normalized spacial score (nSPS) is 23.2. The van der Waals surface area contributed by atoms with Gasteiger partial charge in [0.1, 0.15) is 11.4 Å². The summed E-state index contributed by atoms with van der Waals surface area (Å²) >= 11 is 0. The van der Waals surface area contributed by atoms with E-state index in [0.717, 1.165) is 23.2 Å². The number of fused-ring (bicyclic) bond motifs is 1. The number of aromatic nitrogens is 1. The fraction of sp³-hybridized carbons (Fsp3) is 0.353. The quantitative estimate of drug-likeness (QED) is 0.943. The fourth-order valence-corrected chi connectivity index (χ4v) is 3.35. The highest BCUT2D eigenvalue weighted by molar-refractivity contribution is 5.85. The van der Waals surface area contributed by atoms with Crippen LogP contribution in [0.3, 0.4) is 0 Å². The van der Waals surface area contributed by atoms with Gasteiger partial charge in [-0.05, 0) is 49.8 Å². The SMILES string of the molecule is CN(C)CC1Cc2cc(F)ccc2C1(O)c1cccnc1.Cl. The summed E-state index contributed by atoms with van der Waals surface area (Å²) in [5, 5.41) is 11.4. The van der Waals surface area contributed by atoms with Crippen molar-refractivity contribution in [1.82, 2.24) is 9.88 Å². The zero-order valence-corrected chi connectivity index (χ0v) is 13.5. The van der Waals surface area contributed by atoms with Gasteiger partial charge in [0.2, 0.25) is 0 Å². The molecule has 2 aromatic rings. The Morgan fingerprint density at radius 3 is 2.77 bits per heavy atom. The minimum absolute atomic E-state index is 0. The Hall–Kier alpha value is -1.49. The van der Waals surface area contributed by atoms with Crippen LogP contribution < -0.4 is 0 Å². The molecule has 3 rings (SSSR count). The molecule has 0 radical (unpaired) electrons. The van der Waals surface area contributed by atoms with Crippen LogP contribution in [0.15, 0.2) is 42.7 Å². The molecular weight excluding hydrogens is 303 g/mol. The van der Waals surface area contributed by atoms with E-state index in [2.05, 4.69) is 4.98 Å². The highest BCUT2D eigenvalue weighted by Gasteiger charge is 2.47. The summed E-state index contributed by atoms with van der Waals surface area (Å²) in [6.45, 7) is 0.724. The molecule has 0 bridgehead atoms. The van der Waals surface area contributed by atoms with Crippen molar-refractivity contribution < 1.29 is 9.50 Å². The highest BCUT2D eigenvalue weighted by atomic mass is 35.5. The molecule has 0 amide bonds. The fourth-order valence-electron chi connectivity index (χ4n) is 3.35. The predicted octanol–water partition coefficient (Wildman–Crippen LogP) is 2.61. The molecule has 1 heterocycles. The topological polar surface area (TPSA) is 36.4 Å². The van der Waals surface area contributed by atoms with E-state index in [4.69, 9.17) is 0 Å². The van der Waals surface area contributed by atoms with Crippen LogP contribution in [0.5, 0.6) is 0 Å². The molecule has 1 aromatic heterocycles. The average molecular weight is 323 g/mol. The first-order valence-electron chi connectivity index (χ1n) is 7.08. The van der Waals surface area contributed by atoms with Gasteiger partial charge in [-0.1, -0.05) is 12.1 Å². The third-order valence-electron chi connectivity index (χ3n) is 4.22. The maximum Gasteiger partial charge on any atom is 0.123 e. The minimum atomic E-state index is -1.11. The van der Waals surface area contributed by atoms with E-state index in [1.807, 2.05) is 31.1 Å². The number of hydrogen-bond acceptors (Lipinski definition) is 3. The van der Waals surface area contributed by atoms with E-state index in [0.29, 0.717) is 6.42 Å². The Morgan fingerprint density at radius 2 is 2.14 bits per heavy atom. The summed E-state index contributed by atoms with van der Waals surface area (Å²) < 4.78 is 13.5.